The Bertz CT molecular complexity index is 1890. The lowest BCUT2D eigenvalue weighted by Gasteiger charge is -2.28. The quantitative estimate of drug-likeness (QED) is 0.0864. The third-order valence-corrected chi connectivity index (χ3v) is 12.7. The van der Waals surface area contributed by atoms with Gasteiger partial charge in [-0.2, -0.15) is 0 Å². The molecule has 0 unspecified atom stereocenters. The molecule has 0 spiro atoms. The molecule has 1 aliphatic rings. The number of anilines is 1. The Morgan fingerprint density at radius 3 is 1.50 bits per heavy atom. The van der Waals surface area contributed by atoms with Gasteiger partial charge in [0.2, 0.25) is 0 Å². The predicted octanol–water partition coefficient (Wildman–Crippen LogP) is 5.73. The van der Waals surface area contributed by atoms with Crippen molar-refractivity contribution in [3.63, 3.8) is 0 Å². The fraction of sp³-hybridized carbons (Fsp3) is 0.0732. The first-order valence-electron chi connectivity index (χ1n) is 15.6. The maximum atomic E-state index is 13.9. The van der Waals surface area contributed by atoms with Gasteiger partial charge in [0.25, 0.3) is 11.8 Å². The zero-order valence-electron chi connectivity index (χ0n) is 26.4. The van der Waals surface area contributed by atoms with Crippen molar-refractivity contribution in [1.82, 2.24) is 0 Å². The minimum atomic E-state index is -2.38. The standard InChI is InChI=1S/C40H31NO2P.CH4O3/c42-39-37-27-26-31(25-24-30-14-5-1-6-15-30)28-38(37)40(43)41(39)32-16-13-23-36(29-32)44(33-17-7-2-8-18-33,34-19-9-3-10-20-34)35-21-11-4-12-22-35;1-3-4-2/h1-23,26-29H,24-25H2;2H,1H3/q+1;/p-1. The lowest BCUT2D eigenvalue weighted by molar-refractivity contribution is -0.796. The molecule has 0 saturated heterocycles. The highest BCUT2D eigenvalue weighted by atomic mass is 31.2. The van der Waals surface area contributed by atoms with Crippen LogP contribution in [0.3, 0.4) is 0 Å². The van der Waals surface area contributed by atoms with E-state index in [1.807, 2.05) is 66.7 Å². The molecule has 2 amide bonds. The first-order valence-corrected chi connectivity index (χ1v) is 17.4. The molecule has 6 aromatic rings. The number of carbonyl (C=O) groups is 2. The Balaban J connectivity index is 0.000000952. The van der Waals surface area contributed by atoms with Crippen LogP contribution in [-0.4, -0.2) is 18.9 Å². The van der Waals surface area contributed by atoms with Crippen molar-refractivity contribution >= 4 is 46.0 Å². The summed E-state index contributed by atoms with van der Waals surface area (Å²) in [5.41, 5.74) is 3.81. The van der Waals surface area contributed by atoms with Crippen molar-refractivity contribution in [2.75, 3.05) is 12.0 Å². The van der Waals surface area contributed by atoms with Gasteiger partial charge in [-0.05, 0) is 84.6 Å². The van der Waals surface area contributed by atoms with Crippen LogP contribution in [0.4, 0.5) is 5.69 Å². The van der Waals surface area contributed by atoms with Crippen molar-refractivity contribution in [2.24, 2.45) is 0 Å². The van der Waals surface area contributed by atoms with Gasteiger partial charge in [-0.15, -0.1) is 0 Å². The zero-order valence-corrected chi connectivity index (χ0v) is 27.3. The highest BCUT2D eigenvalue weighted by molar-refractivity contribution is 8.01. The Labute approximate surface area is 281 Å². The molecule has 1 aliphatic heterocycles. The molecule has 7 rings (SSSR count). The molecule has 0 N–H and O–H groups in total. The van der Waals surface area contributed by atoms with E-state index < -0.39 is 7.26 Å². The average molecular weight is 652 g/mol. The van der Waals surface area contributed by atoms with E-state index in [2.05, 4.69) is 107 Å². The number of hydrogen-bond donors (Lipinski definition) is 0. The molecule has 0 atom stereocenters. The minimum absolute atomic E-state index is 0.272. The molecule has 0 aromatic heterocycles. The summed E-state index contributed by atoms with van der Waals surface area (Å²) in [6.07, 6.45) is 1.67. The molecule has 0 bridgehead atoms. The van der Waals surface area contributed by atoms with Crippen molar-refractivity contribution < 1.29 is 24.8 Å². The Hall–Kier alpha value is -5.23. The van der Waals surface area contributed by atoms with Crippen LogP contribution in [-0.2, 0) is 22.8 Å². The van der Waals surface area contributed by atoms with Crippen LogP contribution in [0.1, 0.15) is 31.8 Å². The van der Waals surface area contributed by atoms with Crippen molar-refractivity contribution in [2.45, 2.75) is 12.8 Å². The number of rotatable bonds is 9. The third kappa shape index (κ3) is 6.48. The van der Waals surface area contributed by atoms with E-state index in [-0.39, 0.29) is 11.8 Å². The maximum Gasteiger partial charge on any atom is 0.266 e. The van der Waals surface area contributed by atoms with Crippen molar-refractivity contribution in [3.8, 4) is 0 Å². The summed E-state index contributed by atoms with van der Waals surface area (Å²) in [7, 11) is -1.24. The number of fused-ring (bicyclic) bond motifs is 1. The molecule has 1 heterocycles. The smallest absolute Gasteiger partial charge is 0.266 e. The van der Waals surface area contributed by atoms with Gasteiger partial charge in [-0.3, -0.25) is 14.6 Å². The number of nitrogens with zero attached hydrogens (tertiary/aromatic N) is 1. The molecule has 0 aliphatic carbocycles. The highest BCUT2D eigenvalue weighted by Crippen LogP contribution is 2.54. The number of imide groups is 1. The summed E-state index contributed by atoms with van der Waals surface area (Å²) in [6.45, 7) is 0. The van der Waals surface area contributed by atoms with Gasteiger partial charge in [0, 0.05) is 6.07 Å². The Morgan fingerprint density at radius 2 is 0.979 bits per heavy atom. The van der Waals surface area contributed by atoms with Gasteiger partial charge < -0.3 is 5.26 Å². The first-order chi connectivity index (χ1) is 23.6. The van der Waals surface area contributed by atoms with Gasteiger partial charge in [0.05, 0.1) is 23.9 Å². The van der Waals surface area contributed by atoms with Crippen LogP contribution in [0, 0.1) is 0 Å². The summed E-state index contributed by atoms with van der Waals surface area (Å²) in [5.74, 6) is -0.549. The van der Waals surface area contributed by atoms with Crippen LogP contribution < -0.4 is 31.4 Å². The molecule has 6 nitrogen and oxygen atoms in total. The van der Waals surface area contributed by atoms with E-state index in [1.165, 1.54) is 26.4 Å². The zero-order chi connectivity index (χ0) is 33.3. The van der Waals surface area contributed by atoms with Gasteiger partial charge >= 0.3 is 0 Å². The van der Waals surface area contributed by atoms with Crippen molar-refractivity contribution in [1.29, 1.82) is 0 Å². The van der Waals surface area contributed by atoms with Crippen LogP contribution >= 0.6 is 7.26 Å². The number of aryl methyl sites for hydroxylation is 2. The van der Waals surface area contributed by atoms with Crippen LogP contribution in [0.15, 0.2) is 164 Å². The van der Waals surface area contributed by atoms with Crippen molar-refractivity contribution in [3.05, 3.63) is 186 Å². The molecule has 0 radical (unpaired) electrons. The topological polar surface area (TPSA) is 78.9 Å². The molecular formula is C41H34NO5P. The van der Waals surface area contributed by atoms with Gasteiger partial charge in [0.1, 0.15) is 28.5 Å². The van der Waals surface area contributed by atoms with Gasteiger partial charge in [0.15, 0.2) is 0 Å². The lowest BCUT2D eigenvalue weighted by Crippen LogP contribution is -2.39. The minimum Gasteiger partial charge on any atom is -0.692 e. The Kier molecular flexibility index (Phi) is 10.3. The van der Waals surface area contributed by atoms with Gasteiger partial charge in [-0.1, -0.05) is 97.1 Å². The lowest BCUT2D eigenvalue weighted by atomic mass is 10.0. The van der Waals surface area contributed by atoms with Crippen LogP contribution in [0.25, 0.3) is 0 Å². The summed E-state index contributed by atoms with van der Waals surface area (Å²) < 4.78 is 0. The summed E-state index contributed by atoms with van der Waals surface area (Å²) in [5, 5.41) is 16.1. The molecule has 0 fully saturated rings. The summed E-state index contributed by atoms with van der Waals surface area (Å²) in [6, 6.07) is 55.8. The Morgan fingerprint density at radius 1 is 0.521 bits per heavy atom. The normalized spacial score (nSPS) is 12.3. The molecule has 0 saturated carbocycles. The van der Waals surface area contributed by atoms with Gasteiger partial charge in [-0.25, -0.2) is 9.79 Å². The largest absolute Gasteiger partial charge is 0.692 e. The first kappa shape index (κ1) is 32.7. The number of benzene rings is 6. The molecule has 48 heavy (non-hydrogen) atoms. The highest BCUT2D eigenvalue weighted by Gasteiger charge is 2.48. The van der Waals surface area contributed by atoms with E-state index in [4.69, 9.17) is 5.26 Å². The van der Waals surface area contributed by atoms with E-state index in [1.54, 1.807) is 0 Å². The SMILES string of the molecule is COO[O-].O=C1c2ccc(CCc3ccccc3)cc2C(=O)N1c1cccc([P+](c2ccccc2)(c2ccccc2)c2ccccc2)c1. The monoisotopic (exact) mass is 651 g/mol. The molecule has 7 heteroatoms. The van der Waals surface area contributed by atoms with E-state index in [0.717, 1.165) is 30.8 Å². The summed E-state index contributed by atoms with van der Waals surface area (Å²) in [4.78, 5) is 32.5. The average Bonchev–Trinajstić information content (AvgIpc) is 3.41. The number of hydrogen-bond acceptors (Lipinski definition) is 5. The summed E-state index contributed by atoms with van der Waals surface area (Å²) >= 11 is 0. The molecule has 6 aromatic carbocycles. The fourth-order valence-corrected chi connectivity index (χ4v) is 10.6. The second-order valence-corrected chi connectivity index (χ2v) is 14.7. The second kappa shape index (κ2) is 15.1. The van der Waals surface area contributed by atoms with Crippen LogP contribution in [0.5, 0.6) is 0 Å². The predicted molar refractivity (Wildman–Crippen MR) is 191 cm³/mol. The van der Waals surface area contributed by atoms with E-state index in [0.29, 0.717) is 16.8 Å². The number of carbonyl (C=O) groups excluding carboxylic acids is 2. The maximum absolute atomic E-state index is 13.9. The molecule has 238 valence electrons. The second-order valence-electron chi connectivity index (χ2n) is 11.2. The van der Waals surface area contributed by atoms with E-state index in [9.17, 15) is 9.59 Å². The molecular weight excluding hydrogens is 617 g/mol. The fourth-order valence-electron chi connectivity index (χ4n) is 6.30. The van der Waals surface area contributed by atoms with E-state index >= 15 is 0 Å². The third-order valence-electron chi connectivity index (χ3n) is 8.47. The van der Waals surface area contributed by atoms with Crippen LogP contribution in [0.2, 0.25) is 0 Å². The number of amides is 2.